The van der Waals surface area contributed by atoms with Gasteiger partial charge >= 0.3 is 0 Å². The van der Waals surface area contributed by atoms with Crippen molar-refractivity contribution < 1.29 is 27.6 Å². The summed E-state index contributed by atoms with van der Waals surface area (Å²) >= 11 is 0. The van der Waals surface area contributed by atoms with E-state index in [4.69, 9.17) is 8.92 Å². The van der Waals surface area contributed by atoms with Crippen LogP contribution in [0.4, 0.5) is 0 Å². The fourth-order valence-electron chi connectivity index (χ4n) is 9.66. The minimum atomic E-state index is -3.79. The maximum atomic E-state index is 12.5. The Labute approximate surface area is 245 Å². The normalized spacial score (nSPS) is 40.4. The largest absolute Gasteiger partial charge is 0.389 e. The molecule has 4 fully saturated rings. The molecular formula is C34H46O6S. The molecule has 224 valence electrons. The fraction of sp³-hybridized carbons (Fsp3) is 0.647. The van der Waals surface area contributed by atoms with Gasteiger partial charge in [0, 0.05) is 5.41 Å². The van der Waals surface area contributed by atoms with Crippen molar-refractivity contribution in [3.63, 3.8) is 0 Å². The van der Waals surface area contributed by atoms with Gasteiger partial charge in [0.25, 0.3) is 10.1 Å². The highest BCUT2D eigenvalue weighted by atomic mass is 32.2. The van der Waals surface area contributed by atoms with E-state index >= 15 is 0 Å². The van der Waals surface area contributed by atoms with E-state index in [1.165, 1.54) is 0 Å². The predicted molar refractivity (Wildman–Crippen MR) is 158 cm³/mol. The molecule has 4 saturated carbocycles. The standard InChI is InChI=1S/C34H46O6S/c1-24-9-12-28(13-10-24)41(37,38)40-22-21-39-27-15-17-31(2)26(23-27)11-14-30-29(31)16-18-32(3)33(35,19-20-34(30,32)36)25-7-5-4-6-8-25/h4-10,12-13,26-27,29-30,35-36H,11,14-23H2,1-3H3/t26?,27?,29-,30-,31+,32-,33?,34-/m1/s1. The number of ether oxygens (including phenoxy) is 1. The molecule has 4 aliphatic carbocycles. The molecule has 0 spiro atoms. The number of aliphatic hydroxyl groups is 2. The summed E-state index contributed by atoms with van der Waals surface area (Å²) in [5.41, 5.74) is -0.373. The fourth-order valence-corrected chi connectivity index (χ4v) is 10.6. The average molecular weight is 583 g/mol. The van der Waals surface area contributed by atoms with Crippen molar-refractivity contribution in [3.8, 4) is 0 Å². The summed E-state index contributed by atoms with van der Waals surface area (Å²) in [4.78, 5) is 0.169. The third kappa shape index (κ3) is 4.62. The quantitative estimate of drug-likeness (QED) is 0.301. The molecule has 2 aromatic rings. The molecule has 0 amide bonds. The second-order valence-electron chi connectivity index (χ2n) is 13.9. The minimum Gasteiger partial charge on any atom is -0.389 e. The summed E-state index contributed by atoms with van der Waals surface area (Å²) in [5.74, 6) is 1.14. The summed E-state index contributed by atoms with van der Waals surface area (Å²) in [5, 5.41) is 24.6. The molecule has 41 heavy (non-hydrogen) atoms. The molecule has 7 heteroatoms. The van der Waals surface area contributed by atoms with Gasteiger partial charge in [0.1, 0.15) is 0 Å². The predicted octanol–water partition coefficient (Wildman–Crippen LogP) is 6.13. The molecule has 6 rings (SSSR count). The zero-order valence-electron chi connectivity index (χ0n) is 24.7. The van der Waals surface area contributed by atoms with Crippen LogP contribution in [0.1, 0.15) is 82.8 Å². The van der Waals surface area contributed by atoms with Gasteiger partial charge in [-0.3, -0.25) is 4.18 Å². The molecule has 0 aliphatic heterocycles. The molecule has 2 aromatic carbocycles. The minimum absolute atomic E-state index is 0.00921. The molecule has 0 bridgehead atoms. The van der Waals surface area contributed by atoms with Crippen molar-refractivity contribution in [1.82, 2.24) is 0 Å². The molecule has 0 saturated heterocycles. The Morgan fingerprint density at radius 3 is 2.29 bits per heavy atom. The van der Waals surface area contributed by atoms with E-state index in [1.807, 2.05) is 37.3 Å². The lowest BCUT2D eigenvalue weighted by molar-refractivity contribution is -0.239. The van der Waals surface area contributed by atoms with Crippen LogP contribution in [0.3, 0.4) is 0 Å². The lowest BCUT2D eigenvalue weighted by Crippen LogP contribution is -2.64. The Morgan fingerprint density at radius 1 is 0.829 bits per heavy atom. The number of fused-ring (bicyclic) bond motifs is 5. The van der Waals surface area contributed by atoms with Gasteiger partial charge in [-0.15, -0.1) is 0 Å². The Balaban J connectivity index is 1.08. The number of aryl methyl sites for hydroxylation is 1. The summed E-state index contributed by atoms with van der Waals surface area (Å²) in [6, 6.07) is 16.7. The molecule has 6 nitrogen and oxygen atoms in total. The molecule has 0 heterocycles. The van der Waals surface area contributed by atoms with Gasteiger partial charge in [0.2, 0.25) is 0 Å². The van der Waals surface area contributed by atoms with Gasteiger partial charge < -0.3 is 14.9 Å². The van der Waals surface area contributed by atoms with Crippen LogP contribution in [0.15, 0.2) is 59.5 Å². The van der Waals surface area contributed by atoms with E-state index < -0.39 is 26.7 Å². The van der Waals surface area contributed by atoms with Crippen LogP contribution in [0.2, 0.25) is 0 Å². The second kappa shape index (κ2) is 10.4. The number of rotatable bonds is 7. The van der Waals surface area contributed by atoms with Crippen LogP contribution >= 0.6 is 0 Å². The van der Waals surface area contributed by atoms with Gasteiger partial charge in [-0.25, -0.2) is 0 Å². The van der Waals surface area contributed by atoms with E-state index in [0.717, 1.165) is 56.1 Å². The molecule has 3 unspecified atom stereocenters. The van der Waals surface area contributed by atoms with Gasteiger partial charge in [0.05, 0.1) is 35.4 Å². The van der Waals surface area contributed by atoms with Crippen molar-refractivity contribution in [3.05, 3.63) is 65.7 Å². The highest BCUT2D eigenvalue weighted by Crippen LogP contribution is 2.71. The van der Waals surface area contributed by atoms with Crippen molar-refractivity contribution in [2.45, 2.75) is 101 Å². The van der Waals surface area contributed by atoms with Crippen molar-refractivity contribution in [2.24, 2.45) is 28.6 Å². The first-order valence-corrected chi connectivity index (χ1v) is 16.9. The Hall–Kier alpha value is -1.77. The smallest absolute Gasteiger partial charge is 0.297 e. The van der Waals surface area contributed by atoms with E-state index in [0.29, 0.717) is 24.7 Å². The van der Waals surface area contributed by atoms with E-state index in [2.05, 4.69) is 13.8 Å². The van der Waals surface area contributed by atoms with Crippen LogP contribution in [-0.2, 0) is 24.6 Å². The lowest BCUT2D eigenvalue weighted by atomic mass is 9.43. The van der Waals surface area contributed by atoms with Crippen LogP contribution in [-0.4, -0.2) is 43.5 Å². The third-order valence-corrected chi connectivity index (χ3v) is 13.5. The molecular weight excluding hydrogens is 536 g/mol. The molecule has 8 atom stereocenters. The van der Waals surface area contributed by atoms with Gasteiger partial charge in [-0.1, -0.05) is 61.9 Å². The van der Waals surface area contributed by atoms with E-state index in [1.54, 1.807) is 24.3 Å². The topological polar surface area (TPSA) is 93.1 Å². The first-order chi connectivity index (χ1) is 19.4. The maximum absolute atomic E-state index is 12.5. The SMILES string of the molecule is Cc1ccc(S(=O)(=O)OCCOC2CC[C@@]3(C)C(CC[C@@H]4[C@H]3CC[C@]3(C)C(O)(c5ccccc5)CC[C@@]43O)C2)cc1. The van der Waals surface area contributed by atoms with Crippen molar-refractivity contribution in [1.29, 1.82) is 0 Å². The number of hydrogen-bond donors (Lipinski definition) is 2. The van der Waals surface area contributed by atoms with E-state index in [-0.39, 0.29) is 35.5 Å². The molecule has 0 aromatic heterocycles. The van der Waals surface area contributed by atoms with Crippen molar-refractivity contribution in [2.75, 3.05) is 13.2 Å². The Kier molecular flexibility index (Phi) is 7.47. The lowest BCUT2D eigenvalue weighted by Gasteiger charge is -2.64. The average Bonchev–Trinajstić information content (AvgIpc) is 3.18. The highest BCUT2D eigenvalue weighted by Gasteiger charge is 2.72. The molecule has 0 radical (unpaired) electrons. The summed E-state index contributed by atoms with van der Waals surface area (Å²) in [6.07, 6.45) is 8.18. The van der Waals surface area contributed by atoms with Gasteiger partial charge in [-0.2, -0.15) is 8.42 Å². The third-order valence-electron chi connectivity index (χ3n) is 12.2. The summed E-state index contributed by atoms with van der Waals surface area (Å²) < 4.78 is 36.4. The summed E-state index contributed by atoms with van der Waals surface area (Å²) in [7, 11) is -3.79. The monoisotopic (exact) mass is 582 g/mol. The Bertz CT molecular complexity index is 1350. The maximum Gasteiger partial charge on any atom is 0.297 e. The number of benzene rings is 2. The molecule has 2 N–H and O–H groups in total. The van der Waals surface area contributed by atoms with Crippen LogP contribution < -0.4 is 0 Å². The van der Waals surface area contributed by atoms with Gasteiger partial charge in [-0.05, 0) is 106 Å². The number of hydrogen-bond acceptors (Lipinski definition) is 6. The van der Waals surface area contributed by atoms with Crippen LogP contribution in [0.5, 0.6) is 0 Å². The first-order valence-electron chi connectivity index (χ1n) is 15.5. The second-order valence-corrected chi connectivity index (χ2v) is 15.5. The highest BCUT2D eigenvalue weighted by molar-refractivity contribution is 7.86. The first kappa shape index (κ1) is 29.3. The van der Waals surface area contributed by atoms with Crippen LogP contribution in [0.25, 0.3) is 0 Å². The molecule has 4 aliphatic rings. The Morgan fingerprint density at radius 2 is 1.56 bits per heavy atom. The zero-order chi connectivity index (χ0) is 29.1. The van der Waals surface area contributed by atoms with Crippen molar-refractivity contribution >= 4 is 10.1 Å². The van der Waals surface area contributed by atoms with E-state index in [9.17, 15) is 18.6 Å². The zero-order valence-corrected chi connectivity index (χ0v) is 25.5. The summed E-state index contributed by atoms with van der Waals surface area (Å²) in [6.45, 7) is 6.76. The van der Waals surface area contributed by atoms with Crippen LogP contribution in [0, 0.1) is 35.5 Å². The van der Waals surface area contributed by atoms with Gasteiger partial charge in [0.15, 0.2) is 0 Å².